The molecular formula is C25H33N3O5. The quantitative estimate of drug-likeness (QED) is 0.648. The number of hydrogen-bond acceptors (Lipinski definition) is 6. The minimum absolute atomic E-state index is 0.0397. The number of benzene rings is 1. The van der Waals surface area contributed by atoms with Gasteiger partial charge in [-0.05, 0) is 31.4 Å². The van der Waals surface area contributed by atoms with Crippen LogP contribution < -0.4 is 10.1 Å². The summed E-state index contributed by atoms with van der Waals surface area (Å²) in [5.41, 5.74) is 0.509. The molecule has 2 fully saturated rings. The van der Waals surface area contributed by atoms with E-state index < -0.39 is 6.04 Å². The van der Waals surface area contributed by atoms with E-state index in [0.29, 0.717) is 43.6 Å². The molecule has 33 heavy (non-hydrogen) atoms. The number of carbonyl (C=O) groups excluding carboxylic acids is 2. The van der Waals surface area contributed by atoms with Crippen molar-refractivity contribution in [3.8, 4) is 5.75 Å². The Balaban J connectivity index is 1.42. The van der Waals surface area contributed by atoms with Gasteiger partial charge in [-0.15, -0.1) is 0 Å². The number of hydrogen-bond donors (Lipinski definition) is 1. The zero-order valence-corrected chi connectivity index (χ0v) is 19.0. The number of ether oxygens (including phenoxy) is 3. The van der Waals surface area contributed by atoms with Crippen LogP contribution in [0.2, 0.25) is 0 Å². The van der Waals surface area contributed by atoms with Crippen LogP contribution in [0.5, 0.6) is 5.75 Å². The summed E-state index contributed by atoms with van der Waals surface area (Å²) in [4.78, 5) is 31.1. The molecule has 2 saturated heterocycles. The molecule has 2 amide bonds. The highest BCUT2D eigenvalue weighted by atomic mass is 16.5. The van der Waals surface area contributed by atoms with Crippen molar-refractivity contribution in [1.29, 1.82) is 0 Å². The molecule has 4 aliphatic heterocycles. The van der Waals surface area contributed by atoms with Gasteiger partial charge in [-0.3, -0.25) is 14.5 Å². The van der Waals surface area contributed by atoms with Crippen molar-refractivity contribution in [1.82, 2.24) is 15.1 Å². The number of amides is 2. The van der Waals surface area contributed by atoms with Gasteiger partial charge in [0.15, 0.2) is 0 Å². The minimum Gasteiger partial charge on any atom is -0.493 e. The van der Waals surface area contributed by atoms with Crippen molar-refractivity contribution < 1.29 is 23.8 Å². The molecule has 2 bridgehead atoms. The predicted octanol–water partition coefficient (Wildman–Crippen LogP) is 1.60. The Morgan fingerprint density at radius 3 is 2.73 bits per heavy atom. The first-order valence-corrected chi connectivity index (χ1v) is 12.1. The summed E-state index contributed by atoms with van der Waals surface area (Å²) < 4.78 is 17.7. The minimum atomic E-state index is -0.562. The van der Waals surface area contributed by atoms with Crippen LogP contribution in [0.1, 0.15) is 36.0 Å². The third-order valence-electron chi connectivity index (χ3n) is 7.09. The highest BCUT2D eigenvalue weighted by Gasteiger charge is 2.39. The number of para-hydroxylation sites is 1. The molecule has 0 aliphatic carbocycles. The molecule has 8 heteroatoms. The van der Waals surface area contributed by atoms with Gasteiger partial charge in [0.2, 0.25) is 5.91 Å². The van der Waals surface area contributed by atoms with E-state index in [0.717, 1.165) is 45.4 Å². The molecule has 178 valence electrons. The molecule has 0 radical (unpaired) electrons. The fourth-order valence-corrected chi connectivity index (χ4v) is 5.23. The van der Waals surface area contributed by atoms with Crippen LogP contribution in [0.3, 0.4) is 0 Å². The van der Waals surface area contributed by atoms with Crippen LogP contribution >= 0.6 is 0 Å². The number of carbonyl (C=O) groups is 2. The average Bonchev–Trinajstić information content (AvgIpc) is 2.87. The van der Waals surface area contributed by atoms with E-state index in [2.05, 4.69) is 16.3 Å². The molecule has 0 aromatic heterocycles. The first-order chi connectivity index (χ1) is 16.2. The fourth-order valence-electron chi connectivity index (χ4n) is 5.23. The van der Waals surface area contributed by atoms with E-state index in [4.69, 9.17) is 14.2 Å². The lowest BCUT2D eigenvalue weighted by Gasteiger charge is -2.44. The van der Waals surface area contributed by atoms with Crippen LogP contribution in [0, 0.1) is 0 Å². The van der Waals surface area contributed by atoms with Crippen LogP contribution in [0.4, 0.5) is 0 Å². The Hall–Kier alpha value is -2.42. The van der Waals surface area contributed by atoms with Gasteiger partial charge in [-0.25, -0.2) is 0 Å². The Kier molecular flexibility index (Phi) is 6.94. The summed E-state index contributed by atoms with van der Waals surface area (Å²) in [5, 5.41) is 3.07. The van der Waals surface area contributed by atoms with Gasteiger partial charge < -0.3 is 24.4 Å². The molecule has 4 aliphatic rings. The zero-order valence-electron chi connectivity index (χ0n) is 19.0. The van der Waals surface area contributed by atoms with Gasteiger partial charge >= 0.3 is 0 Å². The first-order valence-electron chi connectivity index (χ1n) is 12.1. The highest BCUT2D eigenvalue weighted by Crippen LogP contribution is 2.26. The Morgan fingerprint density at radius 2 is 1.85 bits per heavy atom. The molecule has 0 spiro atoms. The molecule has 8 nitrogen and oxygen atoms in total. The number of fused-ring (bicyclic) bond motifs is 4. The van der Waals surface area contributed by atoms with Crippen molar-refractivity contribution in [2.24, 2.45) is 0 Å². The Morgan fingerprint density at radius 1 is 1.00 bits per heavy atom. The van der Waals surface area contributed by atoms with Crippen LogP contribution in [-0.2, 0) is 14.3 Å². The number of nitrogens with zero attached hydrogens (tertiary/aromatic N) is 2. The smallest absolute Gasteiger partial charge is 0.258 e. The molecule has 1 aromatic rings. The van der Waals surface area contributed by atoms with E-state index in [1.165, 1.54) is 0 Å². The third kappa shape index (κ3) is 5.08. The maximum absolute atomic E-state index is 13.7. The van der Waals surface area contributed by atoms with E-state index in [1.807, 2.05) is 24.3 Å². The van der Waals surface area contributed by atoms with E-state index in [-0.39, 0.29) is 24.0 Å². The number of rotatable bonds is 1. The topological polar surface area (TPSA) is 80.3 Å². The lowest BCUT2D eigenvalue weighted by molar-refractivity contribution is -0.129. The SMILES string of the molecule is O=C1NC[C@@H]2C=CC[C@@H](CCOc3ccccc3C(=O)N3CCN(C4CCOCC4)C[C@@H]13)O2. The van der Waals surface area contributed by atoms with Gasteiger partial charge in [-0.1, -0.05) is 24.3 Å². The van der Waals surface area contributed by atoms with Gasteiger partial charge in [0.25, 0.3) is 5.91 Å². The molecule has 4 heterocycles. The van der Waals surface area contributed by atoms with Crippen LogP contribution in [0.25, 0.3) is 0 Å². The lowest BCUT2D eigenvalue weighted by atomic mass is 10.0. The molecule has 1 aromatic carbocycles. The van der Waals surface area contributed by atoms with Gasteiger partial charge in [-0.2, -0.15) is 0 Å². The first kappa shape index (κ1) is 22.4. The highest BCUT2D eigenvalue weighted by molar-refractivity contribution is 6.00. The average molecular weight is 456 g/mol. The van der Waals surface area contributed by atoms with Gasteiger partial charge in [0.1, 0.15) is 11.8 Å². The predicted molar refractivity (Wildman–Crippen MR) is 122 cm³/mol. The zero-order chi connectivity index (χ0) is 22.6. The molecule has 5 rings (SSSR count). The summed E-state index contributed by atoms with van der Waals surface area (Å²) in [7, 11) is 0. The van der Waals surface area contributed by atoms with Crippen molar-refractivity contribution in [3.63, 3.8) is 0 Å². The summed E-state index contributed by atoms with van der Waals surface area (Å²) in [5.74, 6) is 0.286. The second-order valence-electron chi connectivity index (χ2n) is 9.19. The number of nitrogens with one attached hydrogen (secondary N) is 1. The maximum atomic E-state index is 13.7. The van der Waals surface area contributed by atoms with Crippen molar-refractivity contribution in [3.05, 3.63) is 42.0 Å². The number of piperazine rings is 1. The van der Waals surface area contributed by atoms with E-state index >= 15 is 0 Å². The summed E-state index contributed by atoms with van der Waals surface area (Å²) in [6.45, 7) is 4.15. The van der Waals surface area contributed by atoms with Crippen LogP contribution in [-0.4, -0.2) is 91.9 Å². The van der Waals surface area contributed by atoms with E-state index in [1.54, 1.807) is 11.0 Å². The monoisotopic (exact) mass is 455 g/mol. The molecular weight excluding hydrogens is 422 g/mol. The van der Waals surface area contributed by atoms with E-state index in [9.17, 15) is 9.59 Å². The van der Waals surface area contributed by atoms with Crippen molar-refractivity contribution in [2.45, 2.75) is 50.0 Å². The summed E-state index contributed by atoms with van der Waals surface area (Å²) in [6.07, 6.45) is 7.47. The fraction of sp³-hybridized carbons (Fsp3) is 0.600. The molecule has 0 saturated carbocycles. The summed E-state index contributed by atoms with van der Waals surface area (Å²) >= 11 is 0. The molecule has 3 atom stereocenters. The Bertz CT molecular complexity index is 885. The second-order valence-corrected chi connectivity index (χ2v) is 9.19. The van der Waals surface area contributed by atoms with Crippen molar-refractivity contribution in [2.75, 3.05) is 46.0 Å². The Labute approximate surface area is 194 Å². The van der Waals surface area contributed by atoms with Gasteiger partial charge in [0.05, 0.1) is 24.4 Å². The van der Waals surface area contributed by atoms with Crippen molar-refractivity contribution >= 4 is 11.8 Å². The standard InChI is InChI=1S/C25H33N3O5/c29-24-22-17-27(18-8-13-31-14-9-18)11-12-28(22)25(30)21-6-1-2-7-23(21)32-15-10-19-4-3-5-20(33-19)16-26-24/h1-3,5-7,18-20,22H,4,8-17H2,(H,26,29)/t19-,20-,22-/m0/s1. The molecule has 0 unspecified atom stereocenters. The van der Waals surface area contributed by atoms with Crippen LogP contribution in [0.15, 0.2) is 36.4 Å². The lowest BCUT2D eigenvalue weighted by Crippen LogP contribution is -2.63. The largest absolute Gasteiger partial charge is 0.493 e. The third-order valence-corrected chi connectivity index (χ3v) is 7.09. The normalized spacial score (nSPS) is 29.9. The summed E-state index contributed by atoms with van der Waals surface area (Å²) in [6, 6.07) is 7.16. The second kappa shape index (κ2) is 10.2. The molecule has 1 N–H and O–H groups in total. The maximum Gasteiger partial charge on any atom is 0.258 e. The van der Waals surface area contributed by atoms with Gasteiger partial charge in [0, 0.05) is 51.9 Å².